The Hall–Kier alpha value is -1.89. The van der Waals surface area contributed by atoms with Crippen LogP contribution in [-0.4, -0.2) is 37.4 Å². The molecule has 23 heavy (non-hydrogen) atoms. The smallest absolute Gasteiger partial charge is 0.348 e. The van der Waals surface area contributed by atoms with E-state index in [-0.39, 0.29) is 24.7 Å². The third-order valence-corrected chi connectivity index (χ3v) is 3.50. The number of carbonyl (C=O) groups excluding carboxylic acids is 3. The summed E-state index contributed by atoms with van der Waals surface area (Å²) in [5, 5.41) is 2.62. The van der Waals surface area contributed by atoms with Crippen LogP contribution in [0.4, 0.5) is 0 Å². The Morgan fingerprint density at radius 2 is 1.83 bits per heavy atom. The number of benzene rings is 1. The molecule has 6 nitrogen and oxygen atoms in total. The van der Waals surface area contributed by atoms with Crippen molar-refractivity contribution in [2.24, 2.45) is 0 Å². The summed E-state index contributed by atoms with van der Waals surface area (Å²) < 4.78 is 11.1. The summed E-state index contributed by atoms with van der Waals surface area (Å²) in [6, 6.07) is 6.97. The Morgan fingerprint density at radius 1 is 1.17 bits per heavy atom. The predicted molar refractivity (Wildman–Crippen MR) is 88.1 cm³/mol. The van der Waals surface area contributed by atoms with Crippen molar-refractivity contribution in [1.29, 1.82) is 0 Å². The van der Waals surface area contributed by atoms with Gasteiger partial charge in [-0.25, -0.2) is 4.79 Å². The number of Topliss-reactive ketones (excluding diaryl/α,β-unsaturated/α-hetero) is 1. The zero-order valence-electron chi connectivity index (χ0n) is 13.1. The molecule has 0 bridgehead atoms. The molecular formula is C16H20BrNO5. The molecule has 1 N–H and O–H groups in total. The third-order valence-electron chi connectivity index (χ3n) is 2.97. The molecule has 0 aliphatic carbocycles. The minimum atomic E-state index is -0.932. The average molecular weight is 386 g/mol. The van der Waals surface area contributed by atoms with Gasteiger partial charge >= 0.3 is 5.97 Å². The fourth-order valence-corrected chi connectivity index (χ4v) is 2.04. The molecule has 0 spiro atoms. The molecule has 0 aromatic heterocycles. The summed E-state index contributed by atoms with van der Waals surface area (Å²) in [6.07, 6.45) is 0.144. The van der Waals surface area contributed by atoms with E-state index in [1.54, 1.807) is 24.3 Å². The molecule has 1 aromatic rings. The Kier molecular flexibility index (Phi) is 8.32. The molecule has 1 atom stereocenters. The van der Waals surface area contributed by atoms with Gasteiger partial charge in [0.2, 0.25) is 12.0 Å². The molecule has 0 fully saturated rings. The topological polar surface area (TPSA) is 81.7 Å². The zero-order chi connectivity index (χ0) is 17.2. The lowest BCUT2D eigenvalue weighted by Gasteiger charge is -2.17. The van der Waals surface area contributed by atoms with Gasteiger partial charge in [-0.1, -0.05) is 15.9 Å². The van der Waals surface area contributed by atoms with E-state index in [0.29, 0.717) is 18.6 Å². The Morgan fingerprint density at radius 3 is 2.39 bits per heavy atom. The monoisotopic (exact) mass is 385 g/mol. The van der Waals surface area contributed by atoms with Gasteiger partial charge < -0.3 is 19.6 Å². The first kappa shape index (κ1) is 19.2. The van der Waals surface area contributed by atoms with Crippen molar-refractivity contribution in [3.8, 4) is 5.75 Å². The first-order valence-electron chi connectivity index (χ1n) is 7.18. The summed E-state index contributed by atoms with van der Waals surface area (Å²) in [6.45, 7) is 1.49. The lowest BCUT2D eigenvalue weighted by Crippen LogP contribution is -2.41. The lowest BCUT2D eigenvalue weighted by atomic mass is 10.2. The van der Waals surface area contributed by atoms with Gasteiger partial charge in [0, 0.05) is 17.3 Å². The normalized spacial score (nSPS) is 11.4. The average Bonchev–Trinajstić information content (AvgIpc) is 2.52. The van der Waals surface area contributed by atoms with Crippen molar-refractivity contribution in [3.63, 3.8) is 0 Å². The minimum absolute atomic E-state index is 0.00163. The molecule has 126 valence electrons. The second kappa shape index (κ2) is 9.99. The van der Waals surface area contributed by atoms with Gasteiger partial charge in [-0.3, -0.25) is 4.79 Å². The second-order valence-electron chi connectivity index (χ2n) is 4.94. The second-order valence-corrected chi connectivity index (χ2v) is 5.86. The van der Waals surface area contributed by atoms with Crippen molar-refractivity contribution in [2.75, 3.05) is 13.7 Å². The maximum absolute atomic E-state index is 11.7. The SMILES string of the molecule is COC(=O)[C@@H](CNC(=O)CCCC(C)=O)Oc1ccc(Br)cc1. The van der Waals surface area contributed by atoms with Gasteiger partial charge in [-0.15, -0.1) is 0 Å². The number of hydrogen-bond donors (Lipinski definition) is 1. The number of nitrogens with one attached hydrogen (secondary N) is 1. The molecule has 0 saturated carbocycles. The van der Waals surface area contributed by atoms with E-state index < -0.39 is 12.1 Å². The fraction of sp³-hybridized carbons (Fsp3) is 0.438. The van der Waals surface area contributed by atoms with Crippen LogP contribution in [0.15, 0.2) is 28.7 Å². The van der Waals surface area contributed by atoms with Crippen molar-refractivity contribution in [3.05, 3.63) is 28.7 Å². The van der Waals surface area contributed by atoms with E-state index >= 15 is 0 Å². The van der Waals surface area contributed by atoms with Gasteiger partial charge in [-0.05, 0) is 37.6 Å². The molecule has 1 amide bonds. The van der Waals surface area contributed by atoms with Crippen LogP contribution in [0.3, 0.4) is 0 Å². The van der Waals surface area contributed by atoms with Crippen LogP contribution in [0.2, 0.25) is 0 Å². The highest BCUT2D eigenvalue weighted by Gasteiger charge is 2.22. The molecule has 7 heteroatoms. The molecule has 0 saturated heterocycles. The van der Waals surface area contributed by atoms with E-state index in [9.17, 15) is 14.4 Å². The Bertz CT molecular complexity index is 544. The predicted octanol–water partition coefficient (Wildman–Crippen LogP) is 2.24. The summed E-state index contributed by atoms with van der Waals surface area (Å²) in [5.41, 5.74) is 0. The highest BCUT2D eigenvalue weighted by molar-refractivity contribution is 9.10. The maximum atomic E-state index is 11.7. The van der Waals surface area contributed by atoms with Crippen LogP contribution in [0.25, 0.3) is 0 Å². The lowest BCUT2D eigenvalue weighted by molar-refractivity contribution is -0.148. The van der Waals surface area contributed by atoms with Gasteiger partial charge in [0.25, 0.3) is 0 Å². The number of hydrogen-bond acceptors (Lipinski definition) is 5. The highest BCUT2D eigenvalue weighted by atomic mass is 79.9. The third kappa shape index (κ3) is 7.78. The van der Waals surface area contributed by atoms with E-state index in [2.05, 4.69) is 26.0 Å². The number of ether oxygens (including phenoxy) is 2. The van der Waals surface area contributed by atoms with Gasteiger partial charge in [0.05, 0.1) is 13.7 Å². The van der Waals surface area contributed by atoms with E-state index in [0.717, 1.165) is 4.47 Å². The van der Waals surface area contributed by atoms with Gasteiger partial charge in [0.15, 0.2) is 0 Å². The number of halogens is 1. The quantitative estimate of drug-likeness (QED) is 0.659. The number of esters is 1. The largest absolute Gasteiger partial charge is 0.477 e. The van der Waals surface area contributed by atoms with E-state index in [1.165, 1.54) is 14.0 Å². The number of amides is 1. The number of ketones is 1. The van der Waals surface area contributed by atoms with Gasteiger partial charge in [0.1, 0.15) is 11.5 Å². The molecule has 1 rings (SSSR count). The zero-order valence-corrected chi connectivity index (χ0v) is 14.7. The van der Waals surface area contributed by atoms with Crippen LogP contribution in [-0.2, 0) is 19.1 Å². The van der Waals surface area contributed by atoms with E-state index in [1.807, 2.05) is 0 Å². The van der Waals surface area contributed by atoms with Crippen LogP contribution in [0.1, 0.15) is 26.2 Å². The number of carbonyl (C=O) groups is 3. The molecular weight excluding hydrogens is 366 g/mol. The summed E-state index contributed by atoms with van der Waals surface area (Å²) in [7, 11) is 1.26. The summed E-state index contributed by atoms with van der Waals surface area (Å²) >= 11 is 3.31. The molecule has 0 radical (unpaired) electrons. The number of methoxy groups -OCH3 is 1. The molecule has 0 heterocycles. The number of rotatable bonds is 9. The van der Waals surface area contributed by atoms with Crippen LogP contribution in [0, 0.1) is 0 Å². The van der Waals surface area contributed by atoms with Crippen LogP contribution >= 0.6 is 15.9 Å². The van der Waals surface area contributed by atoms with Gasteiger partial charge in [-0.2, -0.15) is 0 Å². The Balaban J connectivity index is 2.51. The van der Waals surface area contributed by atoms with Crippen LogP contribution in [0.5, 0.6) is 5.75 Å². The van der Waals surface area contributed by atoms with Crippen molar-refractivity contribution >= 4 is 33.6 Å². The molecule has 0 unspecified atom stereocenters. The highest BCUT2D eigenvalue weighted by Crippen LogP contribution is 2.17. The molecule has 1 aromatic carbocycles. The summed E-state index contributed by atoms with van der Waals surface area (Å²) in [5.74, 6) is -0.269. The maximum Gasteiger partial charge on any atom is 0.348 e. The minimum Gasteiger partial charge on any atom is -0.477 e. The first-order valence-corrected chi connectivity index (χ1v) is 7.98. The van der Waals surface area contributed by atoms with Crippen molar-refractivity contribution < 1.29 is 23.9 Å². The molecule has 0 aliphatic heterocycles. The molecule has 0 aliphatic rings. The first-order chi connectivity index (χ1) is 10.9. The Labute approximate surface area is 143 Å². The van der Waals surface area contributed by atoms with Crippen LogP contribution < -0.4 is 10.1 Å². The van der Waals surface area contributed by atoms with Crippen molar-refractivity contribution in [2.45, 2.75) is 32.3 Å². The standard InChI is InChI=1S/C16H20BrNO5/c1-11(19)4-3-5-15(20)18-10-14(16(21)22-2)23-13-8-6-12(17)7-9-13/h6-9,14H,3-5,10H2,1-2H3,(H,18,20)/t14-/m1/s1. The van der Waals surface area contributed by atoms with E-state index in [4.69, 9.17) is 4.74 Å². The summed E-state index contributed by atoms with van der Waals surface area (Å²) in [4.78, 5) is 34.3. The fourth-order valence-electron chi connectivity index (χ4n) is 1.77. The van der Waals surface area contributed by atoms with Crippen molar-refractivity contribution in [1.82, 2.24) is 5.32 Å².